The maximum absolute atomic E-state index is 12.4. The third kappa shape index (κ3) is 23.5. The van der Waals surface area contributed by atoms with E-state index in [9.17, 15) is 25.0 Å². The first kappa shape index (κ1) is 94.4. The van der Waals surface area contributed by atoms with E-state index in [1.807, 2.05) is 95.5 Å². The van der Waals surface area contributed by atoms with Gasteiger partial charge in [0.1, 0.15) is 18.0 Å². The summed E-state index contributed by atoms with van der Waals surface area (Å²) >= 11 is 17.7. The number of anilines is 2. The molecule has 5 aliphatic heterocycles. The van der Waals surface area contributed by atoms with Crippen LogP contribution in [0.5, 0.6) is 6.01 Å². The molecule has 1 amide bonds. The highest BCUT2D eigenvalue weighted by Gasteiger charge is 2.31. The number of nitro groups is 2. The number of piperazine rings is 1. The molecule has 10 aromatic rings. The summed E-state index contributed by atoms with van der Waals surface area (Å²) < 4.78 is 32.7. The lowest BCUT2D eigenvalue weighted by molar-refractivity contribution is -0.385. The molecule has 5 aliphatic rings. The Morgan fingerprint density at radius 1 is 0.569 bits per heavy atom. The number of ether oxygens (including phenoxy) is 4. The van der Waals surface area contributed by atoms with Crippen LogP contribution < -0.4 is 20.7 Å². The van der Waals surface area contributed by atoms with E-state index in [1.54, 1.807) is 30.9 Å². The van der Waals surface area contributed by atoms with Gasteiger partial charge in [-0.15, -0.1) is 0 Å². The van der Waals surface area contributed by atoms with E-state index in [4.69, 9.17) is 34.6 Å². The number of rotatable bonds is 8. The number of nitrogens with zero attached hydrogens (tertiary/aromatic N) is 12. The van der Waals surface area contributed by atoms with Gasteiger partial charge < -0.3 is 44.7 Å². The van der Waals surface area contributed by atoms with Gasteiger partial charge in [0, 0.05) is 125 Å². The third-order valence-corrected chi connectivity index (χ3v) is 27.6. The second-order valence-corrected chi connectivity index (χ2v) is 35.5. The standard InChI is InChI=1S/C22H36N6O3.2C14H17BrN2O.C9H9BrN2.C9H10BrNO2.C9H12BrN.C9H11NO2.H2S/c1-22(2,3)31-21(29)28-12-10-27(11-13-28)19-17-7-8-23-14-18(17)24-20(25-19)30-15-16-6-5-9-26(16)4;2*1-9-7-12-11(14(15)10(9)2)8-16-17(12)13-5-3-4-6-18-13;1-5-3-8-7(4-11-12-8)9(10)6(5)2;1-5-4-8(11(12)13)7(3)9(10)6(5)2;1-5-4-8(11)7(3)9(10)6(5)2;1-6-4-8(3)9(10(11)12)5-7(6)2;/h16,23H,5-15H2,1-4H3;2*7-8,13H,3-6H2,1-2H3;3-4H,1-2H3,(H,11,12);4H,1-3H3;4H,11H2,1-3H3;4-5H,1-3H3;1H2/t16-;;;;;;;/m0......./s1. The number of likely N-dealkylation sites (tertiary alicyclic amines) is 1. The minimum Gasteiger partial charge on any atom is -0.462 e. The molecule has 9 heterocycles. The van der Waals surface area contributed by atoms with Crippen LogP contribution in [0.1, 0.15) is 179 Å². The van der Waals surface area contributed by atoms with Crippen molar-refractivity contribution in [1.82, 2.24) is 54.8 Å². The van der Waals surface area contributed by atoms with Crippen molar-refractivity contribution >= 4 is 155 Å². The number of carbonyl (C=O) groups excluding carboxylic acids is 1. The predicted octanol–water partition coefficient (Wildman–Crippen LogP) is 21.7. The molecule has 30 heteroatoms. The lowest BCUT2D eigenvalue weighted by atomic mass is 10.1. The van der Waals surface area contributed by atoms with E-state index < -0.39 is 5.60 Å². The number of carbonyl (C=O) groups is 1. The number of nitrogen functional groups attached to an aromatic ring is 1. The summed E-state index contributed by atoms with van der Waals surface area (Å²) in [5, 5.41) is 44.0. The van der Waals surface area contributed by atoms with Crippen LogP contribution in [0.4, 0.5) is 27.7 Å². The van der Waals surface area contributed by atoms with E-state index in [2.05, 4.69) is 196 Å². The average molecular weight is 1930 g/mol. The van der Waals surface area contributed by atoms with Crippen molar-refractivity contribution in [3.63, 3.8) is 0 Å². The van der Waals surface area contributed by atoms with Crippen LogP contribution in [0.15, 0.2) is 83.4 Å². The number of nitro benzene ring substituents is 2. The number of H-pyrrole nitrogens is 1. The quantitative estimate of drug-likeness (QED) is 0.0724. The summed E-state index contributed by atoms with van der Waals surface area (Å²) in [5.74, 6) is 0.963. The number of likely N-dealkylation sites (N-methyl/N-ethyl adjacent to an activating group) is 1. The monoisotopic (exact) mass is 1930 g/mol. The molecule has 3 atom stereocenters. The van der Waals surface area contributed by atoms with Crippen molar-refractivity contribution in [2.24, 2.45) is 0 Å². The lowest BCUT2D eigenvalue weighted by Gasteiger charge is -2.37. The second kappa shape index (κ2) is 42.2. The number of halogens is 5. The van der Waals surface area contributed by atoms with Gasteiger partial charge in [0.2, 0.25) is 0 Å². The third-order valence-electron chi connectivity index (χ3n) is 22.2. The average Bonchev–Trinajstić information content (AvgIpc) is 1.68. The molecule has 0 radical (unpaired) electrons. The smallest absolute Gasteiger partial charge is 0.410 e. The Balaban J connectivity index is 0.000000175. The SMILES string of the molecule is CN1CCC[C@H]1COc1nc2c(c(N3CCN(C(=O)OC(C)(C)C)CC3)n1)CCNC2.Cc1cc(C)c([N+](=O)[O-])cc1C.Cc1cc(N)c(C)c(Br)c1C.Cc1cc([N+](=O)[O-])c(C)c(Br)c1C.Cc1cc2[nH]ncc2c(Br)c1C.Cc1cc2c(cnn2C2CCCCO2)c(Br)c1C.Cc1cc2c(cnn2C2CCCCO2)c(Br)c1C.S. The molecule has 4 fully saturated rings. The molecule has 15 rings (SSSR count). The number of hydrogen-bond acceptors (Lipinski definition) is 18. The Labute approximate surface area is 731 Å². The number of hydrogen-bond donors (Lipinski definition) is 3. The zero-order valence-electron chi connectivity index (χ0n) is 70.4. The van der Waals surface area contributed by atoms with Crippen molar-refractivity contribution in [3.8, 4) is 6.01 Å². The van der Waals surface area contributed by atoms with Gasteiger partial charge in [0.15, 0.2) is 12.5 Å². The van der Waals surface area contributed by atoms with Crippen molar-refractivity contribution in [1.29, 1.82) is 0 Å². The molecule has 0 saturated carbocycles. The Morgan fingerprint density at radius 2 is 1.06 bits per heavy atom. The van der Waals surface area contributed by atoms with Crippen molar-refractivity contribution < 1.29 is 33.6 Å². The molecule has 628 valence electrons. The molecule has 24 nitrogen and oxygen atoms in total. The number of benzene rings is 6. The van der Waals surface area contributed by atoms with Gasteiger partial charge >= 0.3 is 12.1 Å². The molecule has 0 aliphatic carbocycles. The van der Waals surface area contributed by atoms with Crippen LogP contribution in [0, 0.1) is 124 Å². The number of aromatic amines is 1. The van der Waals surface area contributed by atoms with Gasteiger partial charge in [-0.05, 0) is 369 Å². The van der Waals surface area contributed by atoms with Crippen molar-refractivity contribution in [2.45, 2.75) is 213 Å². The lowest BCUT2D eigenvalue weighted by Crippen LogP contribution is -2.50. The molecule has 2 unspecified atom stereocenters. The summed E-state index contributed by atoms with van der Waals surface area (Å²) in [6, 6.07) is 14.5. The van der Waals surface area contributed by atoms with Gasteiger partial charge in [-0.25, -0.2) is 14.2 Å². The normalized spacial score (nSPS) is 16.6. The number of aromatic nitrogens is 8. The molecule has 4 N–H and O–H groups in total. The zero-order valence-corrected chi connectivity index (χ0v) is 79.4. The fourth-order valence-corrected chi connectivity index (χ4v) is 17.0. The molecular formula is C86H114Br5N15O9S. The van der Waals surface area contributed by atoms with Gasteiger partial charge in [-0.3, -0.25) is 25.3 Å². The predicted molar refractivity (Wildman–Crippen MR) is 489 cm³/mol. The van der Waals surface area contributed by atoms with Crippen LogP contribution in [-0.2, 0) is 27.2 Å². The zero-order chi connectivity index (χ0) is 84.2. The summed E-state index contributed by atoms with van der Waals surface area (Å²) in [4.78, 5) is 48.8. The van der Waals surface area contributed by atoms with Gasteiger partial charge in [-0.2, -0.15) is 38.8 Å². The summed E-state index contributed by atoms with van der Waals surface area (Å²) in [7, 11) is 2.15. The number of aryl methyl sites for hydroxylation is 8. The summed E-state index contributed by atoms with van der Waals surface area (Å²) in [6.07, 6.45) is 15.8. The van der Waals surface area contributed by atoms with E-state index in [0.29, 0.717) is 37.3 Å². The molecule has 4 aromatic heterocycles. The fourth-order valence-electron chi connectivity index (χ4n) is 14.1. The van der Waals surface area contributed by atoms with Crippen LogP contribution in [0.25, 0.3) is 32.7 Å². The van der Waals surface area contributed by atoms with Crippen LogP contribution >= 0.6 is 93.1 Å². The molecule has 4 saturated heterocycles. The highest BCUT2D eigenvalue weighted by atomic mass is 79.9. The van der Waals surface area contributed by atoms with E-state index in [0.717, 1.165) is 179 Å². The molecule has 6 aromatic carbocycles. The minimum absolute atomic E-state index is 0. The van der Waals surface area contributed by atoms with E-state index >= 15 is 0 Å². The Kier molecular flexibility index (Phi) is 34.3. The van der Waals surface area contributed by atoms with Crippen LogP contribution in [0.2, 0.25) is 0 Å². The van der Waals surface area contributed by atoms with E-state index in [-0.39, 0.29) is 53.3 Å². The largest absolute Gasteiger partial charge is 0.462 e. The second-order valence-electron chi connectivity index (χ2n) is 31.5. The molecule has 0 spiro atoms. The van der Waals surface area contributed by atoms with Crippen LogP contribution in [0.3, 0.4) is 0 Å². The van der Waals surface area contributed by atoms with Gasteiger partial charge in [0.25, 0.3) is 11.4 Å². The highest BCUT2D eigenvalue weighted by molar-refractivity contribution is 9.11. The first-order valence-electron chi connectivity index (χ1n) is 39.3. The van der Waals surface area contributed by atoms with Gasteiger partial charge in [-0.1, -0.05) is 15.9 Å². The molecule has 116 heavy (non-hydrogen) atoms. The summed E-state index contributed by atoms with van der Waals surface area (Å²) in [5.41, 5.74) is 29.0. The maximum Gasteiger partial charge on any atom is 0.410 e. The highest BCUT2D eigenvalue weighted by Crippen LogP contribution is 2.38. The Bertz CT molecular complexity index is 5010. The fraction of sp³-hybridized carbons (Fsp3) is 0.488. The minimum atomic E-state index is -0.480. The number of nitrogens with two attached hydrogens (primary N) is 1. The number of amides is 1. The first-order valence-corrected chi connectivity index (χ1v) is 43.2. The van der Waals surface area contributed by atoms with Crippen molar-refractivity contribution in [2.75, 3.05) is 76.8 Å². The summed E-state index contributed by atoms with van der Waals surface area (Å²) in [6.45, 7) is 43.5. The number of nitrogens with one attached hydrogen (secondary N) is 2. The van der Waals surface area contributed by atoms with Crippen LogP contribution in [-0.4, -0.2) is 143 Å². The topological polar surface area (TPSA) is 278 Å². The molecule has 0 bridgehead atoms. The maximum atomic E-state index is 12.4. The number of fused-ring (bicyclic) bond motifs is 4. The first-order chi connectivity index (χ1) is 54.4. The Hall–Kier alpha value is -7.13. The van der Waals surface area contributed by atoms with Gasteiger partial charge in [0.05, 0.1) is 50.7 Å². The van der Waals surface area contributed by atoms with Crippen molar-refractivity contribution in [3.05, 3.63) is 198 Å². The molecular weight excluding hydrogens is 1820 g/mol. The Morgan fingerprint density at radius 3 is 1.57 bits per heavy atom. The van der Waals surface area contributed by atoms with E-state index in [1.165, 1.54) is 80.1 Å².